The molecule has 0 unspecified atom stereocenters. The Kier molecular flexibility index (Phi) is 5.49. The molecule has 0 aromatic rings. The van der Waals surface area contributed by atoms with Crippen LogP contribution in [-0.2, 0) is 9.09 Å². The fourth-order valence-corrected chi connectivity index (χ4v) is 0.738. The third-order valence-electron chi connectivity index (χ3n) is 0.699. The lowest BCUT2D eigenvalue weighted by Gasteiger charge is -2.00. The second-order valence-corrected chi connectivity index (χ2v) is 4.22. The van der Waals surface area contributed by atoms with E-state index >= 15 is 0 Å². The SMILES string of the molecule is O=P(O)(O)OC/C=C(\I)CO. The van der Waals surface area contributed by atoms with E-state index in [-0.39, 0.29) is 13.2 Å². The van der Waals surface area contributed by atoms with Crippen LogP contribution < -0.4 is 0 Å². The lowest BCUT2D eigenvalue weighted by atomic mass is 10.5. The zero-order chi connectivity index (χ0) is 8.91. The number of hydrogen-bond acceptors (Lipinski definition) is 3. The molecule has 0 amide bonds. The molecule has 0 radical (unpaired) electrons. The molecule has 0 aliphatic carbocycles. The van der Waals surface area contributed by atoms with Gasteiger partial charge in [-0.25, -0.2) is 4.57 Å². The Morgan fingerprint density at radius 1 is 1.64 bits per heavy atom. The third kappa shape index (κ3) is 8.45. The molecule has 11 heavy (non-hydrogen) atoms. The number of hydrogen-bond donors (Lipinski definition) is 3. The van der Waals surface area contributed by atoms with E-state index in [1.807, 2.05) is 22.6 Å². The summed E-state index contributed by atoms with van der Waals surface area (Å²) in [5.41, 5.74) is 0. The van der Waals surface area contributed by atoms with Gasteiger partial charge in [-0.3, -0.25) is 4.52 Å². The molecule has 0 fully saturated rings. The van der Waals surface area contributed by atoms with Crippen LogP contribution >= 0.6 is 30.4 Å². The second kappa shape index (κ2) is 5.23. The maximum atomic E-state index is 10.1. The van der Waals surface area contributed by atoms with E-state index in [4.69, 9.17) is 14.9 Å². The van der Waals surface area contributed by atoms with Crippen molar-refractivity contribution in [3.63, 3.8) is 0 Å². The number of aliphatic hydroxyl groups excluding tert-OH is 1. The number of rotatable bonds is 4. The molecule has 0 saturated heterocycles. The molecular weight excluding hydrogens is 286 g/mol. The summed E-state index contributed by atoms with van der Waals surface area (Å²) in [7, 11) is -4.36. The molecule has 66 valence electrons. The molecule has 0 bridgehead atoms. The summed E-state index contributed by atoms with van der Waals surface area (Å²) in [4.78, 5) is 16.4. The van der Waals surface area contributed by atoms with Crippen LogP contribution in [0.5, 0.6) is 0 Å². The smallest absolute Gasteiger partial charge is 0.391 e. The molecule has 7 heteroatoms. The molecule has 0 aromatic heterocycles. The molecular formula is C4H8IO5P. The monoisotopic (exact) mass is 294 g/mol. The minimum absolute atomic E-state index is 0.148. The zero-order valence-electron chi connectivity index (χ0n) is 5.47. The first kappa shape index (κ1) is 11.5. The highest BCUT2D eigenvalue weighted by atomic mass is 127. The van der Waals surface area contributed by atoms with E-state index < -0.39 is 7.82 Å². The number of aliphatic hydroxyl groups is 1. The van der Waals surface area contributed by atoms with Gasteiger partial charge in [-0.15, -0.1) is 0 Å². The highest BCUT2D eigenvalue weighted by Gasteiger charge is 2.11. The van der Waals surface area contributed by atoms with Gasteiger partial charge in [-0.05, 0) is 28.7 Å². The Balaban J connectivity index is 3.66. The fraction of sp³-hybridized carbons (Fsp3) is 0.500. The summed E-state index contributed by atoms with van der Waals surface area (Å²) in [5, 5.41) is 8.44. The molecule has 5 nitrogen and oxygen atoms in total. The van der Waals surface area contributed by atoms with Gasteiger partial charge in [0.15, 0.2) is 0 Å². The average Bonchev–Trinajstić information content (AvgIpc) is 1.85. The van der Waals surface area contributed by atoms with E-state index in [1.54, 1.807) is 0 Å². The summed E-state index contributed by atoms with van der Waals surface area (Å²) < 4.78 is 14.7. The van der Waals surface area contributed by atoms with Gasteiger partial charge in [-0.1, -0.05) is 0 Å². The van der Waals surface area contributed by atoms with Crippen molar-refractivity contribution in [2.45, 2.75) is 0 Å². The summed E-state index contributed by atoms with van der Waals surface area (Å²) in [6, 6.07) is 0. The molecule has 0 saturated carbocycles. The highest BCUT2D eigenvalue weighted by Crippen LogP contribution is 2.35. The Labute approximate surface area is 77.5 Å². The van der Waals surface area contributed by atoms with E-state index in [2.05, 4.69) is 4.52 Å². The van der Waals surface area contributed by atoms with Crippen LogP contribution in [0.1, 0.15) is 0 Å². The Morgan fingerprint density at radius 2 is 2.18 bits per heavy atom. The fourth-order valence-electron chi connectivity index (χ4n) is 0.289. The quantitative estimate of drug-likeness (QED) is 0.516. The van der Waals surface area contributed by atoms with Crippen LogP contribution in [0.25, 0.3) is 0 Å². The first-order valence-corrected chi connectivity index (χ1v) is 5.22. The standard InChI is InChI=1S/C4H8IO5P/c5-4(3-6)1-2-10-11(7,8)9/h1,6H,2-3H2,(H2,7,8,9)/b4-1-. The van der Waals surface area contributed by atoms with Crippen LogP contribution in [-0.4, -0.2) is 28.1 Å². The third-order valence-corrected chi connectivity index (χ3v) is 1.97. The predicted molar refractivity (Wildman–Crippen MR) is 47.2 cm³/mol. The Bertz CT molecular complexity index is 185. The van der Waals surface area contributed by atoms with Crippen molar-refractivity contribution in [2.75, 3.05) is 13.2 Å². The van der Waals surface area contributed by atoms with E-state index in [0.717, 1.165) is 0 Å². The van der Waals surface area contributed by atoms with Gasteiger partial charge in [0.2, 0.25) is 0 Å². The zero-order valence-corrected chi connectivity index (χ0v) is 8.53. The first-order valence-electron chi connectivity index (χ1n) is 2.61. The minimum Gasteiger partial charge on any atom is -0.391 e. The molecule has 0 aromatic carbocycles. The van der Waals surface area contributed by atoms with Crippen LogP contribution in [0.4, 0.5) is 0 Å². The van der Waals surface area contributed by atoms with Crippen LogP contribution in [0.15, 0.2) is 9.66 Å². The summed E-state index contributed by atoms with van der Waals surface area (Å²) in [6.07, 6.45) is 1.39. The minimum atomic E-state index is -4.36. The van der Waals surface area contributed by atoms with Gasteiger partial charge in [0.1, 0.15) is 0 Å². The molecule has 0 aliphatic rings. The van der Waals surface area contributed by atoms with Gasteiger partial charge in [0.05, 0.1) is 13.2 Å². The highest BCUT2D eigenvalue weighted by molar-refractivity contribution is 14.1. The first-order chi connectivity index (χ1) is 4.95. The van der Waals surface area contributed by atoms with E-state index in [9.17, 15) is 4.57 Å². The van der Waals surface area contributed by atoms with Crippen molar-refractivity contribution in [1.82, 2.24) is 0 Å². The summed E-state index contributed by atoms with van der Waals surface area (Å²) >= 11 is 1.84. The Hall–Kier alpha value is 0.540. The van der Waals surface area contributed by atoms with E-state index in [0.29, 0.717) is 3.58 Å². The van der Waals surface area contributed by atoms with Gasteiger partial charge < -0.3 is 14.9 Å². The molecule has 0 heterocycles. The summed E-state index contributed by atoms with van der Waals surface area (Å²) in [5.74, 6) is 0. The van der Waals surface area contributed by atoms with Gasteiger partial charge >= 0.3 is 7.82 Å². The topological polar surface area (TPSA) is 87.0 Å². The lowest BCUT2D eigenvalue weighted by Crippen LogP contribution is -1.90. The largest absolute Gasteiger partial charge is 0.469 e. The predicted octanol–water partition coefficient (Wildman–Crippen LogP) is 0.407. The van der Waals surface area contributed by atoms with Crippen LogP contribution in [0.2, 0.25) is 0 Å². The molecule has 3 N–H and O–H groups in total. The molecule has 0 spiro atoms. The second-order valence-electron chi connectivity index (χ2n) is 1.60. The van der Waals surface area contributed by atoms with Crippen molar-refractivity contribution >= 4 is 30.4 Å². The van der Waals surface area contributed by atoms with Crippen molar-refractivity contribution in [3.8, 4) is 0 Å². The number of phosphoric acid groups is 1. The number of halogens is 1. The average molecular weight is 294 g/mol. The summed E-state index contributed by atoms with van der Waals surface area (Å²) in [6.45, 7) is -0.339. The van der Waals surface area contributed by atoms with Crippen LogP contribution in [0.3, 0.4) is 0 Å². The van der Waals surface area contributed by atoms with Gasteiger partial charge in [0, 0.05) is 3.58 Å². The van der Waals surface area contributed by atoms with Crippen molar-refractivity contribution in [2.24, 2.45) is 0 Å². The molecule has 0 aliphatic heterocycles. The molecule has 0 rings (SSSR count). The maximum Gasteiger partial charge on any atom is 0.469 e. The Morgan fingerprint density at radius 3 is 2.55 bits per heavy atom. The van der Waals surface area contributed by atoms with E-state index in [1.165, 1.54) is 6.08 Å². The molecule has 0 atom stereocenters. The van der Waals surface area contributed by atoms with Crippen LogP contribution in [0, 0.1) is 0 Å². The van der Waals surface area contributed by atoms with Crippen molar-refractivity contribution in [3.05, 3.63) is 9.66 Å². The van der Waals surface area contributed by atoms with Crippen molar-refractivity contribution < 1.29 is 24.0 Å². The maximum absolute atomic E-state index is 10.1. The van der Waals surface area contributed by atoms with Crippen molar-refractivity contribution in [1.29, 1.82) is 0 Å². The number of phosphoric ester groups is 1. The van der Waals surface area contributed by atoms with Gasteiger partial charge in [0.25, 0.3) is 0 Å². The van der Waals surface area contributed by atoms with Gasteiger partial charge in [-0.2, -0.15) is 0 Å². The lowest BCUT2D eigenvalue weighted by molar-refractivity contribution is 0.215. The normalized spacial score (nSPS) is 13.6.